The van der Waals surface area contributed by atoms with Crippen LogP contribution in [0.15, 0.2) is 5.38 Å². The van der Waals surface area contributed by atoms with Gasteiger partial charge in [-0.25, -0.2) is 9.78 Å². The molecule has 5 nitrogen and oxygen atoms in total. The average molecular weight is 288 g/mol. The van der Waals surface area contributed by atoms with E-state index in [1.807, 2.05) is 0 Å². The van der Waals surface area contributed by atoms with Crippen molar-refractivity contribution in [2.75, 3.05) is 18.1 Å². The summed E-state index contributed by atoms with van der Waals surface area (Å²) in [4.78, 5) is 25.9. The van der Waals surface area contributed by atoms with Crippen molar-refractivity contribution in [3.05, 3.63) is 16.1 Å². The first-order valence-electron chi connectivity index (χ1n) is 5.65. The molecule has 1 aromatic rings. The maximum atomic E-state index is 11.4. The number of hydrogen-bond donors (Lipinski definition) is 2. The van der Waals surface area contributed by atoms with Gasteiger partial charge in [0.05, 0.1) is 10.8 Å². The van der Waals surface area contributed by atoms with Crippen molar-refractivity contribution in [2.45, 2.75) is 19.8 Å². The Morgan fingerprint density at radius 3 is 2.94 bits per heavy atom. The first-order valence-corrected chi connectivity index (χ1v) is 7.69. The number of rotatable bonds is 8. The molecule has 1 heterocycles. The number of carboxylic acid groups (broad SMARTS) is 1. The predicted molar refractivity (Wildman–Crippen MR) is 73.4 cm³/mol. The van der Waals surface area contributed by atoms with E-state index in [9.17, 15) is 9.59 Å². The molecule has 100 valence electrons. The third-order valence-corrected chi connectivity index (χ3v) is 4.09. The van der Waals surface area contributed by atoms with Gasteiger partial charge in [-0.15, -0.1) is 11.3 Å². The van der Waals surface area contributed by atoms with E-state index < -0.39 is 5.97 Å². The Hall–Kier alpha value is -1.08. The summed E-state index contributed by atoms with van der Waals surface area (Å²) in [6.07, 6.45) is 1.64. The maximum absolute atomic E-state index is 11.4. The number of nitrogens with zero attached hydrogens (tertiary/aromatic N) is 1. The number of carbonyl (C=O) groups excluding carboxylic acids is 1. The van der Waals surface area contributed by atoms with Crippen molar-refractivity contribution in [1.82, 2.24) is 10.3 Å². The minimum Gasteiger partial charge on any atom is -0.476 e. The van der Waals surface area contributed by atoms with E-state index >= 15 is 0 Å². The third kappa shape index (κ3) is 5.50. The van der Waals surface area contributed by atoms with Crippen molar-refractivity contribution < 1.29 is 14.7 Å². The molecule has 1 amide bonds. The molecule has 0 atom stereocenters. The van der Waals surface area contributed by atoms with E-state index in [4.69, 9.17) is 5.11 Å². The van der Waals surface area contributed by atoms with Crippen LogP contribution >= 0.6 is 23.1 Å². The molecule has 0 bridgehead atoms. The van der Waals surface area contributed by atoms with E-state index in [1.165, 1.54) is 16.7 Å². The highest BCUT2D eigenvalue weighted by atomic mass is 32.2. The zero-order chi connectivity index (χ0) is 13.4. The maximum Gasteiger partial charge on any atom is 0.355 e. The number of thiazole rings is 1. The van der Waals surface area contributed by atoms with Gasteiger partial charge in [0.15, 0.2) is 5.69 Å². The SMILES string of the molecule is CCCSCC(=O)NCCc1nc(C(=O)O)cs1. The van der Waals surface area contributed by atoms with Crippen LogP contribution in [-0.4, -0.2) is 40.0 Å². The number of nitrogens with one attached hydrogen (secondary N) is 1. The first kappa shape index (κ1) is 15.0. The Bertz CT molecular complexity index is 407. The lowest BCUT2D eigenvalue weighted by Gasteiger charge is -2.03. The van der Waals surface area contributed by atoms with Crippen molar-refractivity contribution in [3.63, 3.8) is 0 Å². The summed E-state index contributed by atoms with van der Waals surface area (Å²) in [5.41, 5.74) is 0.0693. The largest absolute Gasteiger partial charge is 0.476 e. The number of carbonyl (C=O) groups is 2. The van der Waals surface area contributed by atoms with Gasteiger partial charge in [-0.2, -0.15) is 11.8 Å². The molecule has 0 saturated heterocycles. The van der Waals surface area contributed by atoms with Crippen molar-refractivity contribution in [3.8, 4) is 0 Å². The summed E-state index contributed by atoms with van der Waals surface area (Å²) in [6, 6.07) is 0. The predicted octanol–water partition coefficient (Wildman–Crippen LogP) is 1.64. The van der Waals surface area contributed by atoms with Gasteiger partial charge in [0, 0.05) is 18.3 Å². The van der Waals surface area contributed by atoms with Gasteiger partial charge in [0.2, 0.25) is 5.91 Å². The molecule has 1 rings (SSSR count). The molecule has 0 aromatic carbocycles. The molecule has 0 saturated carbocycles. The zero-order valence-corrected chi connectivity index (χ0v) is 11.8. The monoisotopic (exact) mass is 288 g/mol. The second-order valence-electron chi connectivity index (χ2n) is 3.58. The van der Waals surface area contributed by atoms with Gasteiger partial charge in [0.25, 0.3) is 0 Å². The lowest BCUT2D eigenvalue weighted by Crippen LogP contribution is -2.27. The summed E-state index contributed by atoms with van der Waals surface area (Å²) < 4.78 is 0. The quantitative estimate of drug-likeness (QED) is 0.711. The summed E-state index contributed by atoms with van der Waals surface area (Å²) in [6.45, 7) is 2.57. The summed E-state index contributed by atoms with van der Waals surface area (Å²) in [7, 11) is 0. The Kier molecular flexibility index (Phi) is 6.74. The van der Waals surface area contributed by atoms with E-state index in [-0.39, 0.29) is 11.6 Å². The molecule has 7 heteroatoms. The van der Waals surface area contributed by atoms with Crippen molar-refractivity contribution in [1.29, 1.82) is 0 Å². The number of hydrogen-bond acceptors (Lipinski definition) is 5. The van der Waals surface area contributed by atoms with Crippen LogP contribution in [-0.2, 0) is 11.2 Å². The Morgan fingerprint density at radius 2 is 2.33 bits per heavy atom. The molecule has 0 aliphatic heterocycles. The fraction of sp³-hybridized carbons (Fsp3) is 0.545. The molecule has 0 aliphatic rings. The van der Waals surface area contributed by atoms with Gasteiger partial charge >= 0.3 is 5.97 Å². The van der Waals surface area contributed by atoms with E-state index in [2.05, 4.69) is 17.2 Å². The molecule has 0 unspecified atom stereocenters. The molecule has 0 spiro atoms. The van der Waals surface area contributed by atoms with Crippen LogP contribution in [0.2, 0.25) is 0 Å². The fourth-order valence-corrected chi connectivity index (χ4v) is 2.69. The lowest BCUT2D eigenvalue weighted by molar-refractivity contribution is -0.118. The lowest BCUT2D eigenvalue weighted by atomic mass is 10.4. The van der Waals surface area contributed by atoms with E-state index in [0.29, 0.717) is 18.7 Å². The Morgan fingerprint density at radius 1 is 1.56 bits per heavy atom. The number of amides is 1. The summed E-state index contributed by atoms with van der Waals surface area (Å²) in [5.74, 6) is 0.467. The molecular weight excluding hydrogens is 272 g/mol. The normalized spacial score (nSPS) is 10.3. The van der Waals surface area contributed by atoms with Crippen LogP contribution in [0, 0.1) is 0 Å². The zero-order valence-electron chi connectivity index (χ0n) is 10.1. The standard InChI is InChI=1S/C11H16N2O3S2/c1-2-5-17-7-9(14)12-4-3-10-13-8(6-18-10)11(15)16/h6H,2-5,7H2,1H3,(H,12,14)(H,15,16). The topological polar surface area (TPSA) is 79.3 Å². The van der Waals surface area contributed by atoms with Gasteiger partial charge in [-0.1, -0.05) is 6.92 Å². The molecule has 0 fully saturated rings. The second kappa shape index (κ2) is 8.10. The highest BCUT2D eigenvalue weighted by Gasteiger charge is 2.08. The van der Waals surface area contributed by atoms with Gasteiger partial charge < -0.3 is 10.4 Å². The molecule has 2 N–H and O–H groups in total. The molecular formula is C11H16N2O3S2. The molecule has 18 heavy (non-hydrogen) atoms. The summed E-state index contributed by atoms with van der Waals surface area (Å²) in [5, 5.41) is 13.7. The van der Waals surface area contributed by atoms with Crippen molar-refractivity contribution >= 4 is 35.0 Å². The number of thioether (sulfide) groups is 1. The number of aromatic carboxylic acids is 1. The second-order valence-corrected chi connectivity index (χ2v) is 5.63. The van der Waals surface area contributed by atoms with Gasteiger partial charge in [0.1, 0.15) is 0 Å². The smallest absolute Gasteiger partial charge is 0.355 e. The highest BCUT2D eigenvalue weighted by molar-refractivity contribution is 7.99. The van der Waals surface area contributed by atoms with Crippen LogP contribution in [0.3, 0.4) is 0 Å². The minimum absolute atomic E-state index is 0.0171. The summed E-state index contributed by atoms with van der Waals surface area (Å²) >= 11 is 2.92. The number of aromatic nitrogens is 1. The fourth-order valence-electron chi connectivity index (χ4n) is 1.19. The molecule has 0 aliphatic carbocycles. The van der Waals surface area contributed by atoms with Crippen LogP contribution in [0.1, 0.15) is 28.8 Å². The highest BCUT2D eigenvalue weighted by Crippen LogP contribution is 2.09. The van der Waals surface area contributed by atoms with Crippen LogP contribution in [0.4, 0.5) is 0 Å². The van der Waals surface area contributed by atoms with E-state index in [1.54, 1.807) is 11.8 Å². The van der Waals surface area contributed by atoms with Gasteiger partial charge in [-0.3, -0.25) is 4.79 Å². The number of carboxylic acids is 1. The minimum atomic E-state index is -1.02. The van der Waals surface area contributed by atoms with Crippen LogP contribution in [0.5, 0.6) is 0 Å². The van der Waals surface area contributed by atoms with Crippen LogP contribution < -0.4 is 5.32 Å². The first-order chi connectivity index (χ1) is 8.63. The third-order valence-electron chi connectivity index (χ3n) is 2.01. The Labute approximate surface area is 114 Å². The average Bonchev–Trinajstić information content (AvgIpc) is 2.78. The molecule has 0 radical (unpaired) electrons. The van der Waals surface area contributed by atoms with Crippen molar-refractivity contribution in [2.24, 2.45) is 0 Å². The molecule has 1 aromatic heterocycles. The van der Waals surface area contributed by atoms with E-state index in [0.717, 1.165) is 17.2 Å². The van der Waals surface area contributed by atoms with Gasteiger partial charge in [-0.05, 0) is 12.2 Å². The van der Waals surface area contributed by atoms with Crippen LogP contribution in [0.25, 0.3) is 0 Å². The Balaban J connectivity index is 2.20.